The summed E-state index contributed by atoms with van der Waals surface area (Å²) in [7, 11) is 1.42. The second kappa shape index (κ2) is 6.66. The topological polar surface area (TPSA) is 35.5 Å². The fourth-order valence-corrected chi connectivity index (χ4v) is 2.45. The molecule has 2 rings (SSSR count). The Balaban J connectivity index is 1.77. The molecule has 3 nitrogen and oxygen atoms in total. The zero-order valence-electron chi connectivity index (χ0n) is 11.1. The van der Waals surface area contributed by atoms with Crippen molar-refractivity contribution in [1.29, 1.82) is 0 Å². The first-order valence-electron chi connectivity index (χ1n) is 6.63. The SMILES string of the molecule is COC(=O)C1CCC(OCc2ccccc2F)CC1. The normalized spacial score (nSPS) is 23.1. The predicted octanol–water partition coefficient (Wildman–Crippen LogP) is 3.07. The highest BCUT2D eigenvalue weighted by molar-refractivity contribution is 5.72. The minimum atomic E-state index is -0.231. The van der Waals surface area contributed by atoms with Gasteiger partial charge in [0.15, 0.2) is 0 Å². The van der Waals surface area contributed by atoms with E-state index < -0.39 is 0 Å². The number of esters is 1. The second-order valence-electron chi connectivity index (χ2n) is 4.90. The van der Waals surface area contributed by atoms with Gasteiger partial charge in [0.2, 0.25) is 0 Å². The average Bonchev–Trinajstić information content (AvgIpc) is 2.46. The van der Waals surface area contributed by atoms with Crippen LogP contribution >= 0.6 is 0 Å². The summed E-state index contributed by atoms with van der Waals surface area (Å²) in [5, 5.41) is 0. The highest BCUT2D eigenvalue weighted by Gasteiger charge is 2.27. The quantitative estimate of drug-likeness (QED) is 0.786. The smallest absolute Gasteiger partial charge is 0.308 e. The molecule has 4 heteroatoms. The molecule has 0 spiro atoms. The molecule has 1 aliphatic rings. The van der Waals surface area contributed by atoms with Gasteiger partial charge in [-0.25, -0.2) is 4.39 Å². The molecule has 0 bridgehead atoms. The van der Waals surface area contributed by atoms with Crippen molar-refractivity contribution in [1.82, 2.24) is 0 Å². The van der Waals surface area contributed by atoms with Crippen LogP contribution in [0.15, 0.2) is 24.3 Å². The third kappa shape index (κ3) is 3.77. The van der Waals surface area contributed by atoms with Crippen molar-refractivity contribution < 1.29 is 18.7 Å². The highest BCUT2D eigenvalue weighted by atomic mass is 19.1. The monoisotopic (exact) mass is 266 g/mol. The Kier molecular flexibility index (Phi) is 4.91. The van der Waals surface area contributed by atoms with Crippen LogP contribution < -0.4 is 0 Å². The maximum absolute atomic E-state index is 13.4. The Morgan fingerprint density at radius 1 is 1.26 bits per heavy atom. The number of carbonyl (C=O) groups excluding carboxylic acids is 1. The van der Waals surface area contributed by atoms with Gasteiger partial charge in [-0.05, 0) is 31.7 Å². The fourth-order valence-electron chi connectivity index (χ4n) is 2.45. The van der Waals surface area contributed by atoms with E-state index in [4.69, 9.17) is 9.47 Å². The van der Waals surface area contributed by atoms with E-state index in [2.05, 4.69) is 0 Å². The molecule has 104 valence electrons. The summed E-state index contributed by atoms with van der Waals surface area (Å²) >= 11 is 0. The van der Waals surface area contributed by atoms with Gasteiger partial charge in [-0.2, -0.15) is 0 Å². The van der Waals surface area contributed by atoms with Crippen molar-refractivity contribution in [3.05, 3.63) is 35.6 Å². The number of ether oxygens (including phenoxy) is 2. The molecule has 0 unspecified atom stereocenters. The van der Waals surface area contributed by atoms with Gasteiger partial charge >= 0.3 is 5.97 Å². The van der Waals surface area contributed by atoms with E-state index in [1.165, 1.54) is 13.2 Å². The van der Waals surface area contributed by atoms with Crippen LogP contribution in [0.2, 0.25) is 0 Å². The molecular weight excluding hydrogens is 247 g/mol. The molecule has 1 fully saturated rings. The van der Waals surface area contributed by atoms with Crippen molar-refractivity contribution in [2.45, 2.75) is 38.4 Å². The predicted molar refractivity (Wildman–Crippen MR) is 69.0 cm³/mol. The lowest BCUT2D eigenvalue weighted by atomic mass is 9.87. The number of methoxy groups -OCH3 is 1. The van der Waals surface area contributed by atoms with Crippen molar-refractivity contribution in [2.24, 2.45) is 5.92 Å². The van der Waals surface area contributed by atoms with Crippen LogP contribution in [0.1, 0.15) is 31.2 Å². The third-order valence-corrected chi connectivity index (χ3v) is 3.64. The van der Waals surface area contributed by atoms with Gasteiger partial charge < -0.3 is 9.47 Å². The fraction of sp³-hybridized carbons (Fsp3) is 0.533. The lowest BCUT2D eigenvalue weighted by molar-refractivity contribution is -0.147. The van der Waals surface area contributed by atoms with Crippen LogP contribution in [-0.2, 0) is 20.9 Å². The van der Waals surface area contributed by atoms with E-state index in [1.54, 1.807) is 18.2 Å². The van der Waals surface area contributed by atoms with E-state index in [0.717, 1.165) is 25.7 Å². The van der Waals surface area contributed by atoms with Crippen LogP contribution in [0.4, 0.5) is 4.39 Å². The van der Waals surface area contributed by atoms with Gasteiger partial charge in [0.25, 0.3) is 0 Å². The zero-order chi connectivity index (χ0) is 13.7. The molecule has 0 atom stereocenters. The van der Waals surface area contributed by atoms with Crippen LogP contribution in [0.5, 0.6) is 0 Å². The van der Waals surface area contributed by atoms with Crippen molar-refractivity contribution in [2.75, 3.05) is 7.11 Å². The van der Waals surface area contributed by atoms with Gasteiger partial charge in [0, 0.05) is 5.56 Å². The molecule has 19 heavy (non-hydrogen) atoms. The lowest BCUT2D eigenvalue weighted by Crippen LogP contribution is -2.26. The molecule has 0 aliphatic heterocycles. The molecule has 0 saturated heterocycles. The number of benzene rings is 1. The Labute approximate surface area is 112 Å². The van der Waals surface area contributed by atoms with E-state index in [9.17, 15) is 9.18 Å². The molecule has 1 aromatic carbocycles. The maximum atomic E-state index is 13.4. The molecule has 1 saturated carbocycles. The molecule has 0 radical (unpaired) electrons. The average molecular weight is 266 g/mol. The van der Waals surface area contributed by atoms with Crippen LogP contribution in [-0.4, -0.2) is 19.2 Å². The van der Waals surface area contributed by atoms with Gasteiger partial charge in [0.1, 0.15) is 5.82 Å². The minimum Gasteiger partial charge on any atom is -0.469 e. The summed E-state index contributed by atoms with van der Waals surface area (Å²) < 4.78 is 23.9. The van der Waals surface area contributed by atoms with Gasteiger partial charge in [-0.1, -0.05) is 18.2 Å². The van der Waals surface area contributed by atoms with Gasteiger partial charge in [0.05, 0.1) is 25.7 Å². The first-order chi connectivity index (χ1) is 9.20. The van der Waals surface area contributed by atoms with Gasteiger partial charge in [-0.3, -0.25) is 4.79 Å². The molecule has 0 N–H and O–H groups in total. The summed E-state index contributed by atoms with van der Waals surface area (Å²) in [6.45, 7) is 0.292. The summed E-state index contributed by atoms with van der Waals surface area (Å²) in [4.78, 5) is 11.4. The number of halogens is 1. The number of rotatable bonds is 4. The molecular formula is C15H19FO3. The first kappa shape index (κ1) is 14.0. The van der Waals surface area contributed by atoms with Crippen LogP contribution in [0.3, 0.4) is 0 Å². The summed E-state index contributed by atoms with van der Waals surface area (Å²) in [5.41, 5.74) is 0.581. The lowest BCUT2D eigenvalue weighted by Gasteiger charge is -2.27. The number of hydrogen-bond donors (Lipinski definition) is 0. The van der Waals surface area contributed by atoms with E-state index in [-0.39, 0.29) is 23.8 Å². The highest BCUT2D eigenvalue weighted by Crippen LogP contribution is 2.27. The first-order valence-corrected chi connectivity index (χ1v) is 6.63. The summed E-state index contributed by atoms with van der Waals surface area (Å²) in [6, 6.07) is 6.64. The summed E-state index contributed by atoms with van der Waals surface area (Å²) in [5.74, 6) is -0.364. The Morgan fingerprint density at radius 2 is 1.95 bits per heavy atom. The standard InChI is InChI=1S/C15H19FO3/c1-18-15(17)11-6-8-13(9-7-11)19-10-12-4-2-3-5-14(12)16/h2-5,11,13H,6-10H2,1H3. The van der Waals surface area contributed by atoms with Crippen molar-refractivity contribution >= 4 is 5.97 Å². The number of hydrogen-bond acceptors (Lipinski definition) is 3. The van der Waals surface area contributed by atoms with E-state index in [0.29, 0.717) is 12.2 Å². The Morgan fingerprint density at radius 3 is 2.58 bits per heavy atom. The summed E-state index contributed by atoms with van der Waals surface area (Å²) in [6.07, 6.45) is 3.34. The van der Waals surface area contributed by atoms with E-state index in [1.807, 2.05) is 0 Å². The largest absolute Gasteiger partial charge is 0.469 e. The van der Waals surface area contributed by atoms with Crippen LogP contribution in [0, 0.1) is 11.7 Å². The minimum absolute atomic E-state index is 0.00156. The number of carbonyl (C=O) groups is 1. The molecule has 1 aliphatic carbocycles. The Bertz CT molecular complexity index is 425. The third-order valence-electron chi connectivity index (χ3n) is 3.64. The van der Waals surface area contributed by atoms with Crippen LogP contribution in [0.25, 0.3) is 0 Å². The van der Waals surface area contributed by atoms with E-state index >= 15 is 0 Å². The maximum Gasteiger partial charge on any atom is 0.308 e. The van der Waals surface area contributed by atoms with Gasteiger partial charge in [-0.15, -0.1) is 0 Å². The molecule has 0 aromatic heterocycles. The second-order valence-corrected chi connectivity index (χ2v) is 4.90. The Hall–Kier alpha value is -1.42. The molecule has 0 heterocycles. The van der Waals surface area contributed by atoms with Crippen molar-refractivity contribution in [3.63, 3.8) is 0 Å². The molecule has 1 aromatic rings. The molecule has 0 amide bonds. The zero-order valence-corrected chi connectivity index (χ0v) is 11.1. The van der Waals surface area contributed by atoms with Crippen molar-refractivity contribution in [3.8, 4) is 0 Å².